The maximum Gasteiger partial charge on any atom is 0.301 e. The van der Waals surface area contributed by atoms with E-state index in [1.807, 2.05) is 62.4 Å². The van der Waals surface area contributed by atoms with Crippen LogP contribution in [0.5, 0.6) is 11.5 Å². The van der Waals surface area contributed by atoms with Crippen molar-refractivity contribution < 1.29 is 24.2 Å². The van der Waals surface area contributed by atoms with Gasteiger partial charge in [-0.05, 0) is 72.5 Å². The number of hydrogen-bond donors (Lipinski definition) is 1. The molecule has 1 saturated heterocycles. The van der Waals surface area contributed by atoms with Crippen LogP contribution in [0.15, 0.2) is 137 Å². The molecule has 1 aliphatic rings. The molecular weight excluding hydrogens is 691 g/mol. The van der Waals surface area contributed by atoms with Gasteiger partial charge in [-0.3, -0.25) is 14.5 Å². The Bertz CT molecular complexity index is 2220. The number of carbonyl (C=O) groups is 2. The van der Waals surface area contributed by atoms with Crippen LogP contribution in [0.4, 0.5) is 5.13 Å². The van der Waals surface area contributed by atoms with Crippen molar-refractivity contribution >= 4 is 45.7 Å². The highest BCUT2D eigenvalue weighted by Gasteiger charge is 2.48. The van der Waals surface area contributed by atoms with Gasteiger partial charge in [-0.25, -0.2) is 0 Å². The normalized spacial score (nSPS) is 15.2. The number of thioether (sulfide) groups is 1. The molecule has 10 heteroatoms. The van der Waals surface area contributed by atoms with E-state index in [1.54, 1.807) is 48.5 Å². The maximum absolute atomic E-state index is 13.8. The van der Waals surface area contributed by atoms with E-state index in [1.165, 1.54) is 33.6 Å². The zero-order chi connectivity index (χ0) is 36.0. The predicted octanol–water partition coefficient (Wildman–Crippen LogP) is 9.23. The number of aliphatic hydroxyl groups excluding tert-OH is 1. The SMILES string of the molecule is Cc1ccc(CSc2nnc(N3C(=O)C(=O)/C(=C(/O)c4ccc(OCc5cccc(C)c5)cc4)C3c3ccc(OCc4ccccc4)cc3)s2)cc1. The van der Waals surface area contributed by atoms with Crippen LogP contribution >= 0.6 is 23.1 Å². The molecular formula is C42H35N3O5S2. The number of aryl methyl sites for hydroxylation is 2. The number of anilines is 1. The van der Waals surface area contributed by atoms with E-state index >= 15 is 0 Å². The summed E-state index contributed by atoms with van der Waals surface area (Å²) in [4.78, 5) is 28.9. The molecule has 6 aromatic rings. The van der Waals surface area contributed by atoms with Crippen molar-refractivity contribution in [3.05, 3.63) is 172 Å². The molecule has 2 heterocycles. The molecule has 0 bridgehead atoms. The molecule has 0 radical (unpaired) electrons. The van der Waals surface area contributed by atoms with Gasteiger partial charge in [0.2, 0.25) is 5.13 Å². The average Bonchev–Trinajstić information content (AvgIpc) is 3.74. The minimum atomic E-state index is -0.955. The van der Waals surface area contributed by atoms with Crippen LogP contribution in [0.25, 0.3) is 5.76 Å². The largest absolute Gasteiger partial charge is 0.507 e. The summed E-state index contributed by atoms with van der Waals surface area (Å²) < 4.78 is 12.6. The van der Waals surface area contributed by atoms with Crippen LogP contribution < -0.4 is 14.4 Å². The van der Waals surface area contributed by atoms with Gasteiger partial charge in [0.05, 0.1) is 11.6 Å². The maximum atomic E-state index is 13.8. The summed E-state index contributed by atoms with van der Waals surface area (Å²) in [6, 6.07) is 39.2. The average molecular weight is 726 g/mol. The molecule has 0 saturated carbocycles. The summed E-state index contributed by atoms with van der Waals surface area (Å²) in [6.45, 7) is 4.84. The zero-order valence-corrected chi connectivity index (χ0v) is 30.2. The number of ketones is 1. The lowest BCUT2D eigenvalue weighted by molar-refractivity contribution is -0.132. The number of aliphatic hydroxyl groups is 1. The second-order valence-corrected chi connectivity index (χ2v) is 14.6. The van der Waals surface area contributed by atoms with Crippen molar-refractivity contribution in [1.29, 1.82) is 0 Å². The summed E-state index contributed by atoms with van der Waals surface area (Å²) in [6.07, 6.45) is 0. The number of Topliss-reactive ketones (excluding diaryl/α,β-unsaturated/α-hetero) is 1. The minimum Gasteiger partial charge on any atom is -0.507 e. The van der Waals surface area contributed by atoms with Gasteiger partial charge in [-0.1, -0.05) is 125 Å². The predicted molar refractivity (Wildman–Crippen MR) is 205 cm³/mol. The van der Waals surface area contributed by atoms with Crippen molar-refractivity contribution in [1.82, 2.24) is 10.2 Å². The third kappa shape index (κ3) is 7.93. The summed E-state index contributed by atoms with van der Waals surface area (Å²) in [7, 11) is 0. The van der Waals surface area contributed by atoms with Crippen LogP contribution in [0, 0.1) is 13.8 Å². The summed E-state index contributed by atoms with van der Waals surface area (Å²) >= 11 is 2.73. The Kier molecular flexibility index (Phi) is 10.5. The lowest BCUT2D eigenvalue weighted by Gasteiger charge is -2.22. The van der Waals surface area contributed by atoms with Crippen LogP contribution in [0.3, 0.4) is 0 Å². The van der Waals surface area contributed by atoms with Crippen LogP contribution in [-0.4, -0.2) is 27.0 Å². The zero-order valence-electron chi connectivity index (χ0n) is 28.6. The quantitative estimate of drug-likeness (QED) is 0.0438. The van der Waals surface area contributed by atoms with Crippen molar-refractivity contribution in [2.45, 2.75) is 43.2 Å². The number of hydrogen-bond acceptors (Lipinski definition) is 9. The molecule has 0 aliphatic carbocycles. The third-order valence-corrected chi connectivity index (χ3v) is 10.7. The number of amides is 1. The first-order valence-electron chi connectivity index (χ1n) is 16.7. The lowest BCUT2D eigenvalue weighted by atomic mass is 9.95. The number of carbonyl (C=O) groups excluding carboxylic acids is 2. The molecule has 7 rings (SSSR count). The Hall–Kier alpha value is -5.71. The number of rotatable bonds is 12. The highest BCUT2D eigenvalue weighted by Crippen LogP contribution is 2.44. The molecule has 1 unspecified atom stereocenters. The second kappa shape index (κ2) is 15.7. The van der Waals surface area contributed by atoms with E-state index in [2.05, 4.69) is 40.5 Å². The molecule has 1 fully saturated rings. The first-order valence-corrected chi connectivity index (χ1v) is 18.5. The van der Waals surface area contributed by atoms with E-state index in [9.17, 15) is 14.7 Å². The molecule has 260 valence electrons. The second-order valence-electron chi connectivity index (χ2n) is 12.4. The van der Waals surface area contributed by atoms with E-state index in [0.29, 0.717) is 45.9 Å². The Morgan fingerprint density at radius 1 is 0.731 bits per heavy atom. The smallest absolute Gasteiger partial charge is 0.301 e. The summed E-state index contributed by atoms with van der Waals surface area (Å²) in [5, 5.41) is 20.7. The topological polar surface area (TPSA) is 102 Å². The van der Waals surface area contributed by atoms with Crippen molar-refractivity contribution in [2.75, 3.05) is 4.90 Å². The van der Waals surface area contributed by atoms with Crippen LogP contribution in [0.1, 0.15) is 45.0 Å². The highest BCUT2D eigenvalue weighted by atomic mass is 32.2. The molecule has 5 aromatic carbocycles. The Morgan fingerprint density at radius 3 is 2.08 bits per heavy atom. The van der Waals surface area contributed by atoms with E-state index in [4.69, 9.17) is 9.47 Å². The van der Waals surface area contributed by atoms with Gasteiger partial charge in [0.1, 0.15) is 30.5 Å². The Balaban J connectivity index is 1.17. The standard InChI is InChI=1S/C42H35N3O5S2/c1-27-11-13-30(14-12-27)26-51-42-44-43-41(52-42)45-37(32-15-19-34(20-16-32)49-24-29-8-4-3-5-9-29)36(39(47)40(45)48)38(46)33-17-21-35(22-18-33)50-25-31-10-6-7-28(2)23-31/h3-23,37,46H,24-26H2,1-2H3/b38-36+. The lowest BCUT2D eigenvalue weighted by Crippen LogP contribution is -2.29. The third-order valence-electron chi connectivity index (χ3n) is 8.59. The highest BCUT2D eigenvalue weighted by molar-refractivity contribution is 8.00. The molecule has 1 amide bonds. The van der Waals surface area contributed by atoms with Gasteiger partial charge < -0.3 is 14.6 Å². The van der Waals surface area contributed by atoms with Crippen molar-refractivity contribution in [2.24, 2.45) is 0 Å². The van der Waals surface area contributed by atoms with E-state index in [0.717, 1.165) is 22.3 Å². The van der Waals surface area contributed by atoms with Gasteiger partial charge in [-0.2, -0.15) is 0 Å². The van der Waals surface area contributed by atoms with Crippen LogP contribution in [-0.2, 0) is 28.6 Å². The fraction of sp³-hybridized carbons (Fsp3) is 0.143. The van der Waals surface area contributed by atoms with E-state index < -0.39 is 17.7 Å². The fourth-order valence-corrected chi connectivity index (χ4v) is 7.68. The molecule has 1 aromatic heterocycles. The Labute approximate surface area is 310 Å². The number of nitrogens with zero attached hydrogens (tertiary/aromatic N) is 3. The first kappa shape index (κ1) is 34.7. The minimum absolute atomic E-state index is 0.0413. The van der Waals surface area contributed by atoms with Gasteiger partial charge >= 0.3 is 5.91 Å². The summed E-state index contributed by atoms with van der Waals surface area (Å²) in [5.74, 6) is 0.00366. The molecule has 0 spiro atoms. The molecule has 52 heavy (non-hydrogen) atoms. The number of aromatic nitrogens is 2. The van der Waals surface area contributed by atoms with Crippen molar-refractivity contribution in [3.8, 4) is 11.5 Å². The van der Waals surface area contributed by atoms with E-state index in [-0.39, 0.29) is 16.5 Å². The fourth-order valence-electron chi connectivity index (χ4n) is 5.85. The Morgan fingerprint density at radius 2 is 1.38 bits per heavy atom. The van der Waals surface area contributed by atoms with Gasteiger partial charge in [0.25, 0.3) is 5.78 Å². The van der Waals surface area contributed by atoms with Gasteiger partial charge in [0.15, 0.2) is 4.34 Å². The number of ether oxygens (including phenoxy) is 2. The number of benzene rings is 5. The molecule has 8 nitrogen and oxygen atoms in total. The monoisotopic (exact) mass is 725 g/mol. The van der Waals surface area contributed by atoms with Crippen LogP contribution in [0.2, 0.25) is 0 Å². The molecule has 1 aliphatic heterocycles. The van der Waals surface area contributed by atoms with Gasteiger partial charge in [-0.15, -0.1) is 10.2 Å². The van der Waals surface area contributed by atoms with Crippen molar-refractivity contribution in [3.63, 3.8) is 0 Å². The molecule has 1 atom stereocenters. The summed E-state index contributed by atoms with van der Waals surface area (Å²) in [5.41, 5.74) is 6.47. The molecule has 1 N–H and O–H groups in total. The van der Waals surface area contributed by atoms with Gasteiger partial charge in [0, 0.05) is 11.3 Å². The first-order chi connectivity index (χ1) is 25.3.